The van der Waals surface area contributed by atoms with Gasteiger partial charge < -0.3 is 5.73 Å². The van der Waals surface area contributed by atoms with Gasteiger partial charge in [-0.25, -0.2) is 8.78 Å². The Kier molecular flexibility index (Phi) is 4.30. The van der Waals surface area contributed by atoms with E-state index in [1.807, 2.05) is 18.2 Å². The van der Waals surface area contributed by atoms with Crippen LogP contribution in [0.5, 0.6) is 0 Å². The van der Waals surface area contributed by atoms with Gasteiger partial charge in [-0.15, -0.1) is 0 Å². The van der Waals surface area contributed by atoms with Crippen molar-refractivity contribution in [1.29, 1.82) is 0 Å². The van der Waals surface area contributed by atoms with E-state index < -0.39 is 12.0 Å². The van der Waals surface area contributed by atoms with Gasteiger partial charge in [-0.3, -0.25) is 4.79 Å². The third-order valence-corrected chi connectivity index (χ3v) is 3.74. The molecule has 1 aliphatic rings. The van der Waals surface area contributed by atoms with Gasteiger partial charge in [0.1, 0.15) is 0 Å². The number of halogens is 2. The molecule has 0 aliphatic heterocycles. The molecule has 2 N–H and O–H groups in total. The van der Waals surface area contributed by atoms with Crippen LogP contribution in [-0.4, -0.2) is 11.7 Å². The van der Waals surface area contributed by atoms with E-state index in [2.05, 4.69) is 0 Å². The minimum atomic E-state index is -2.61. The normalized spacial score (nSPS) is 23.8. The highest BCUT2D eigenvalue weighted by Gasteiger charge is 2.37. The first-order chi connectivity index (χ1) is 8.98. The minimum absolute atomic E-state index is 0.0531. The molecule has 0 heterocycles. The Balaban J connectivity index is 1.94. The second kappa shape index (κ2) is 5.78. The van der Waals surface area contributed by atoms with E-state index in [0.29, 0.717) is 12.8 Å². The van der Waals surface area contributed by atoms with E-state index in [9.17, 15) is 13.6 Å². The largest absolute Gasteiger partial charge is 0.318 e. The first-order valence-corrected chi connectivity index (χ1v) is 6.69. The van der Waals surface area contributed by atoms with E-state index in [-0.39, 0.29) is 31.0 Å². The van der Waals surface area contributed by atoms with Crippen molar-refractivity contribution in [1.82, 2.24) is 0 Å². The van der Waals surface area contributed by atoms with Crippen LogP contribution in [0, 0.1) is 5.92 Å². The summed E-state index contributed by atoms with van der Waals surface area (Å²) in [4.78, 5) is 12.1. The van der Waals surface area contributed by atoms with Crippen LogP contribution in [0.3, 0.4) is 0 Å². The molecule has 19 heavy (non-hydrogen) atoms. The summed E-state index contributed by atoms with van der Waals surface area (Å²) < 4.78 is 26.6. The average Bonchev–Trinajstić information content (AvgIpc) is 2.37. The molecule has 104 valence electrons. The van der Waals surface area contributed by atoms with Gasteiger partial charge in [-0.2, -0.15) is 0 Å². The number of alkyl halides is 2. The van der Waals surface area contributed by atoms with E-state index in [4.69, 9.17) is 5.73 Å². The molecule has 1 aromatic carbocycles. The maximum Gasteiger partial charge on any atom is 0.248 e. The molecular formula is C15H19F2NO. The van der Waals surface area contributed by atoms with Gasteiger partial charge in [-0.05, 0) is 24.3 Å². The van der Waals surface area contributed by atoms with Crippen molar-refractivity contribution in [3.63, 3.8) is 0 Å². The molecular weight excluding hydrogens is 248 g/mol. The van der Waals surface area contributed by atoms with Crippen LogP contribution in [-0.2, 0) is 4.79 Å². The molecule has 0 spiro atoms. The summed E-state index contributed by atoms with van der Waals surface area (Å²) in [5.41, 5.74) is 6.63. The maximum atomic E-state index is 13.3. The zero-order valence-corrected chi connectivity index (χ0v) is 10.8. The molecule has 1 aromatic rings. The van der Waals surface area contributed by atoms with Crippen LogP contribution in [0.1, 0.15) is 43.7 Å². The number of nitrogens with two attached hydrogens (primary N) is 1. The summed E-state index contributed by atoms with van der Waals surface area (Å²) >= 11 is 0. The van der Waals surface area contributed by atoms with E-state index in [1.54, 1.807) is 12.1 Å². The topological polar surface area (TPSA) is 43.1 Å². The predicted molar refractivity (Wildman–Crippen MR) is 69.9 cm³/mol. The highest BCUT2D eigenvalue weighted by Crippen LogP contribution is 2.38. The number of rotatable bonds is 4. The first-order valence-electron chi connectivity index (χ1n) is 6.69. The lowest BCUT2D eigenvalue weighted by atomic mass is 9.82. The molecule has 0 saturated heterocycles. The van der Waals surface area contributed by atoms with Gasteiger partial charge in [0.15, 0.2) is 5.78 Å². The zero-order valence-electron chi connectivity index (χ0n) is 10.8. The van der Waals surface area contributed by atoms with Crippen molar-refractivity contribution in [2.75, 3.05) is 0 Å². The Bertz CT molecular complexity index is 433. The molecule has 2 unspecified atom stereocenters. The van der Waals surface area contributed by atoms with Crippen molar-refractivity contribution < 1.29 is 13.6 Å². The summed E-state index contributed by atoms with van der Waals surface area (Å²) in [7, 11) is 0. The smallest absolute Gasteiger partial charge is 0.248 e. The third-order valence-electron chi connectivity index (χ3n) is 3.74. The van der Waals surface area contributed by atoms with Crippen LogP contribution in [0.4, 0.5) is 8.78 Å². The number of Topliss-reactive ketones (excluding diaryl/α,β-unsaturated/α-hetero) is 1. The summed E-state index contributed by atoms with van der Waals surface area (Å²) in [6.45, 7) is 0. The minimum Gasteiger partial charge on any atom is -0.318 e. The Morgan fingerprint density at radius 2 is 2.05 bits per heavy atom. The van der Waals surface area contributed by atoms with Crippen molar-refractivity contribution >= 4 is 5.78 Å². The summed E-state index contributed by atoms with van der Waals surface area (Å²) in [5, 5.41) is 0. The van der Waals surface area contributed by atoms with E-state index in [1.165, 1.54) is 0 Å². The van der Waals surface area contributed by atoms with Gasteiger partial charge in [-0.1, -0.05) is 30.3 Å². The first kappa shape index (κ1) is 14.1. The second-order valence-corrected chi connectivity index (χ2v) is 5.38. The van der Waals surface area contributed by atoms with Crippen LogP contribution in [0.15, 0.2) is 30.3 Å². The zero-order chi connectivity index (χ0) is 13.9. The fraction of sp³-hybridized carbons (Fsp3) is 0.533. The number of hydrogen-bond acceptors (Lipinski definition) is 2. The Morgan fingerprint density at radius 1 is 1.37 bits per heavy atom. The predicted octanol–water partition coefficient (Wildman–Crippen LogP) is 3.47. The summed E-state index contributed by atoms with van der Waals surface area (Å²) in [6.07, 6.45) is 1.11. The summed E-state index contributed by atoms with van der Waals surface area (Å²) in [5.74, 6) is -2.99. The van der Waals surface area contributed by atoms with Crippen molar-refractivity contribution in [2.24, 2.45) is 11.7 Å². The lowest BCUT2D eigenvalue weighted by molar-refractivity contribution is -0.123. The molecule has 0 amide bonds. The molecule has 1 saturated carbocycles. The van der Waals surface area contributed by atoms with Crippen molar-refractivity contribution in [3.8, 4) is 0 Å². The molecule has 4 heteroatoms. The van der Waals surface area contributed by atoms with Gasteiger partial charge in [0.2, 0.25) is 5.92 Å². The molecule has 1 fully saturated rings. The Hall–Kier alpha value is -1.29. The lowest BCUT2D eigenvalue weighted by Gasteiger charge is -2.29. The van der Waals surface area contributed by atoms with Crippen LogP contribution in [0.25, 0.3) is 0 Å². The van der Waals surface area contributed by atoms with Crippen molar-refractivity contribution in [3.05, 3.63) is 35.9 Å². The number of benzene rings is 1. The van der Waals surface area contributed by atoms with Crippen LogP contribution < -0.4 is 5.73 Å². The van der Waals surface area contributed by atoms with Gasteiger partial charge in [0, 0.05) is 19.3 Å². The quantitative estimate of drug-likeness (QED) is 0.907. The average molecular weight is 267 g/mol. The van der Waals surface area contributed by atoms with Crippen molar-refractivity contribution in [2.45, 2.75) is 44.1 Å². The molecule has 0 radical (unpaired) electrons. The van der Waals surface area contributed by atoms with Gasteiger partial charge >= 0.3 is 0 Å². The monoisotopic (exact) mass is 267 g/mol. The molecule has 2 nitrogen and oxygen atoms in total. The Labute approximate surface area is 112 Å². The standard InChI is InChI=1S/C15H19F2NO/c16-15(17)8-4-5-11(10-15)9-13(19)14(18)12-6-2-1-3-7-12/h1-3,6-7,11,14H,4-5,8-10,18H2. The van der Waals surface area contributed by atoms with E-state index in [0.717, 1.165) is 5.56 Å². The molecule has 2 rings (SSSR count). The maximum absolute atomic E-state index is 13.3. The fourth-order valence-electron chi connectivity index (χ4n) is 2.71. The number of carbonyl (C=O) groups is 1. The highest BCUT2D eigenvalue weighted by atomic mass is 19.3. The highest BCUT2D eigenvalue weighted by molar-refractivity contribution is 5.85. The summed E-state index contributed by atoms with van der Waals surface area (Å²) in [6, 6.07) is 8.36. The van der Waals surface area contributed by atoms with Gasteiger partial charge in [0.05, 0.1) is 6.04 Å². The van der Waals surface area contributed by atoms with E-state index >= 15 is 0 Å². The second-order valence-electron chi connectivity index (χ2n) is 5.38. The van der Waals surface area contributed by atoms with Gasteiger partial charge in [0.25, 0.3) is 0 Å². The molecule has 1 aliphatic carbocycles. The Morgan fingerprint density at radius 3 is 2.68 bits per heavy atom. The lowest BCUT2D eigenvalue weighted by Crippen LogP contribution is -2.30. The van der Waals surface area contributed by atoms with Crippen LogP contribution in [0.2, 0.25) is 0 Å². The SMILES string of the molecule is NC(C(=O)CC1CCCC(F)(F)C1)c1ccccc1. The number of carbonyl (C=O) groups excluding carboxylic acids is 1. The van der Waals surface area contributed by atoms with Crippen LogP contribution >= 0.6 is 0 Å². The molecule has 0 aromatic heterocycles. The number of ketones is 1. The molecule has 2 atom stereocenters. The molecule has 0 bridgehead atoms. The third kappa shape index (κ3) is 3.83. The number of hydrogen-bond donors (Lipinski definition) is 1. The fourth-order valence-corrected chi connectivity index (χ4v) is 2.71.